The molecule has 0 heterocycles. The first-order chi connectivity index (χ1) is 8.68. The third-order valence-corrected chi connectivity index (χ3v) is 4.99. The van der Waals surface area contributed by atoms with E-state index in [1.165, 1.54) is 50.1 Å². The van der Waals surface area contributed by atoms with E-state index in [0.29, 0.717) is 0 Å². The van der Waals surface area contributed by atoms with Crippen LogP contribution in [0.1, 0.15) is 50.1 Å². The first-order valence-corrected chi connectivity index (χ1v) is 7.08. The van der Waals surface area contributed by atoms with Crippen LogP contribution in [0.25, 0.3) is 0 Å². The minimum atomic E-state index is 0. The molecule has 0 nitrogen and oxygen atoms in total. The predicted octanol–water partition coefficient (Wildman–Crippen LogP) is 5.58. The van der Waals surface area contributed by atoms with Gasteiger partial charge < -0.3 is 27.8 Å². The Labute approximate surface area is 135 Å². The summed E-state index contributed by atoms with van der Waals surface area (Å²) in [6.07, 6.45) is 0. The molecule has 0 saturated heterocycles. The average Bonchev–Trinajstić information content (AvgIpc) is 2.69. The number of aryl methyl sites for hydroxylation is 2. The van der Waals surface area contributed by atoms with E-state index in [9.17, 15) is 0 Å². The van der Waals surface area contributed by atoms with Crippen molar-refractivity contribution >= 4 is 0 Å². The molecule has 20 heavy (non-hydrogen) atoms. The Hall–Kier alpha value is -0.781. The minimum Gasteiger partial charge on any atom is -0.731 e. The summed E-state index contributed by atoms with van der Waals surface area (Å²) in [6.45, 7) is 19.7. The maximum Gasteiger partial charge on any atom is 0 e. The van der Waals surface area contributed by atoms with Gasteiger partial charge in [-0.2, -0.15) is 28.3 Å². The molecule has 0 aliphatic carbocycles. The average molecular weight is 312 g/mol. The van der Waals surface area contributed by atoms with Gasteiger partial charge in [0.25, 0.3) is 0 Å². The van der Waals surface area contributed by atoms with Crippen LogP contribution in [-0.4, -0.2) is 0 Å². The Morgan fingerprint density at radius 2 is 0.950 bits per heavy atom. The third kappa shape index (κ3) is 3.65. The topological polar surface area (TPSA) is 0 Å². The molecule has 0 unspecified atom stereocenters. The van der Waals surface area contributed by atoms with Gasteiger partial charge in [0, 0.05) is 17.1 Å². The fourth-order valence-corrected chi connectivity index (χ4v) is 2.54. The molecule has 0 amide bonds. The standard InChI is InChI=1S/C10H15.C9H13.Fe/c1-6-7(2)9(4)10(5)8(6)3;1-6-5-7(2)9(4)8(6)3;/h1-5H3;5H,1-4H3;/q-5;-1;. The molecule has 0 atom stereocenters. The van der Waals surface area contributed by atoms with Crippen molar-refractivity contribution in [2.75, 3.05) is 0 Å². The van der Waals surface area contributed by atoms with Gasteiger partial charge in [-0.25, -0.2) is 34.6 Å². The van der Waals surface area contributed by atoms with Crippen molar-refractivity contribution < 1.29 is 17.1 Å². The van der Waals surface area contributed by atoms with Crippen LogP contribution in [0.2, 0.25) is 0 Å². The van der Waals surface area contributed by atoms with E-state index in [0.717, 1.165) is 0 Å². The van der Waals surface area contributed by atoms with Crippen molar-refractivity contribution in [3.63, 3.8) is 0 Å². The molecular weight excluding hydrogens is 284 g/mol. The van der Waals surface area contributed by atoms with E-state index < -0.39 is 0 Å². The zero-order valence-electron chi connectivity index (χ0n) is 14.4. The summed E-state index contributed by atoms with van der Waals surface area (Å²) in [6, 6.07) is 2.24. The van der Waals surface area contributed by atoms with Crippen molar-refractivity contribution in [2.24, 2.45) is 0 Å². The van der Waals surface area contributed by atoms with Crippen LogP contribution < -0.4 is 0 Å². The quantitative estimate of drug-likeness (QED) is 0.440. The number of hydrogen-bond acceptors (Lipinski definition) is 0. The summed E-state index contributed by atoms with van der Waals surface area (Å²) >= 11 is 0. The second-order valence-corrected chi connectivity index (χ2v) is 5.89. The van der Waals surface area contributed by atoms with Gasteiger partial charge in [-0.15, -0.1) is 0 Å². The molecule has 0 aromatic heterocycles. The fourth-order valence-electron chi connectivity index (χ4n) is 2.54. The van der Waals surface area contributed by atoms with Gasteiger partial charge in [-0.3, -0.25) is 0 Å². The monoisotopic (exact) mass is 312 g/mol. The Kier molecular flexibility index (Phi) is 7.01. The summed E-state index contributed by atoms with van der Waals surface area (Å²) in [5.74, 6) is 0. The molecule has 1 heteroatoms. The van der Waals surface area contributed by atoms with E-state index in [1.807, 2.05) is 0 Å². The normalized spacial score (nSPS) is 9.85. The van der Waals surface area contributed by atoms with Crippen LogP contribution >= 0.6 is 0 Å². The largest absolute Gasteiger partial charge is 0.731 e. The maximum absolute atomic E-state index is 2.24. The van der Waals surface area contributed by atoms with E-state index in [4.69, 9.17) is 0 Å². The Morgan fingerprint density at radius 3 is 1.05 bits per heavy atom. The maximum atomic E-state index is 2.24. The molecule has 0 aliphatic rings. The first-order valence-electron chi connectivity index (χ1n) is 7.08. The summed E-state index contributed by atoms with van der Waals surface area (Å²) in [5.41, 5.74) is 13.1. The molecule has 0 saturated carbocycles. The molecule has 0 bridgehead atoms. The van der Waals surface area contributed by atoms with Gasteiger partial charge in [0.15, 0.2) is 0 Å². The zero-order valence-corrected chi connectivity index (χ0v) is 15.5. The van der Waals surface area contributed by atoms with Crippen LogP contribution in [-0.2, 0) is 17.1 Å². The Morgan fingerprint density at radius 1 is 0.650 bits per heavy atom. The Balaban J connectivity index is 0.000000345. The van der Waals surface area contributed by atoms with Gasteiger partial charge in [0.1, 0.15) is 0 Å². The van der Waals surface area contributed by atoms with Crippen molar-refractivity contribution in [2.45, 2.75) is 62.3 Å². The van der Waals surface area contributed by atoms with Crippen molar-refractivity contribution in [1.29, 1.82) is 0 Å². The summed E-state index contributed by atoms with van der Waals surface area (Å²) in [7, 11) is 0. The van der Waals surface area contributed by atoms with Crippen molar-refractivity contribution in [3.05, 3.63) is 56.1 Å². The summed E-state index contributed by atoms with van der Waals surface area (Å²) < 4.78 is 0. The van der Waals surface area contributed by atoms with Crippen LogP contribution in [0.15, 0.2) is 6.07 Å². The van der Waals surface area contributed by atoms with E-state index in [-0.39, 0.29) is 17.1 Å². The molecule has 0 fully saturated rings. The molecule has 118 valence electrons. The minimum absolute atomic E-state index is 0. The molecule has 0 aliphatic heterocycles. The van der Waals surface area contributed by atoms with Gasteiger partial charge in [0.05, 0.1) is 0 Å². The van der Waals surface area contributed by atoms with E-state index in [2.05, 4.69) is 68.4 Å². The molecule has 2 aromatic carbocycles. The first kappa shape index (κ1) is 19.2. The molecule has 0 radical (unpaired) electrons. The second-order valence-electron chi connectivity index (χ2n) is 5.89. The summed E-state index contributed by atoms with van der Waals surface area (Å²) in [4.78, 5) is 0. The van der Waals surface area contributed by atoms with Crippen molar-refractivity contribution in [3.8, 4) is 0 Å². The van der Waals surface area contributed by atoms with Gasteiger partial charge in [0.2, 0.25) is 0 Å². The van der Waals surface area contributed by atoms with E-state index >= 15 is 0 Å². The second kappa shape index (κ2) is 7.29. The molecule has 2 rings (SSSR count). The van der Waals surface area contributed by atoms with Crippen LogP contribution in [0.5, 0.6) is 0 Å². The fraction of sp³-hybridized carbons (Fsp3) is 0.474. The van der Waals surface area contributed by atoms with E-state index in [1.54, 1.807) is 0 Å². The van der Waals surface area contributed by atoms with Gasteiger partial charge in [-0.05, 0) is 0 Å². The smallest absolute Gasteiger partial charge is 0 e. The number of hydrogen-bond donors (Lipinski definition) is 0. The molecule has 0 N–H and O–H groups in total. The molecule has 0 spiro atoms. The molecular formula is C19H28Fe-6. The van der Waals surface area contributed by atoms with Crippen LogP contribution in [0.3, 0.4) is 0 Å². The third-order valence-electron chi connectivity index (χ3n) is 4.99. The molecule has 2 aromatic rings. The van der Waals surface area contributed by atoms with Gasteiger partial charge >= 0.3 is 0 Å². The van der Waals surface area contributed by atoms with Crippen LogP contribution in [0.4, 0.5) is 0 Å². The zero-order chi connectivity index (χ0) is 14.9. The Bertz CT molecular complexity index is 477. The summed E-state index contributed by atoms with van der Waals surface area (Å²) in [5, 5.41) is 0. The van der Waals surface area contributed by atoms with Gasteiger partial charge in [-0.1, -0.05) is 27.7 Å². The van der Waals surface area contributed by atoms with Crippen molar-refractivity contribution in [1.82, 2.24) is 0 Å². The predicted molar refractivity (Wildman–Crippen MR) is 86.7 cm³/mol. The number of rotatable bonds is 0. The SMILES string of the molecule is C[c-]1[c-](C)[c-](C)[c-](C)[c-]1C.Cc1c[c-](C)c(C)c1C.[Fe]. The van der Waals surface area contributed by atoms with Crippen LogP contribution in [0, 0.1) is 62.3 Å².